The zero-order valence-corrected chi connectivity index (χ0v) is 8.37. The van der Waals surface area contributed by atoms with Crippen LogP contribution in [0.4, 0.5) is 0 Å². The highest BCUT2D eigenvalue weighted by Crippen LogP contribution is 2.58. The van der Waals surface area contributed by atoms with Crippen molar-refractivity contribution in [3.05, 3.63) is 11.8 Å². The van der Waals surface area contributed by atoms with Crippen LogP contribution in [0.1, 0.15) is 32.1 Å². The third kappa shape index (κ3) is 1.20. The van der Waals surface area contributed by atoms with Crippen LogP contribution in [-0.2, 0) is 9.53 Å². The van der Waals surface area contributed by atoms with Crippen molar-refractivity contribution in [3.8, 4) is 0 Å². The Morgan fingerprint density at radius 2 is 2.07 bits per heavy atom. The Kier molecular flexibility index (Phi) is 1.89. The van der Waals surface area contributed by atoms with Gasteiger partial charge in [0, 0.05) is 5.92 Å². The first-order valence-corrected chi connectivity index (χ1v) is 5.75. The number of ketones is 1. The molecule has 0 spiro atoms. The molecular weight excluding hydrogens is 176 g/mol. The molecule has 2 fully saturated rings. The SMILES string of the molecule is O=C(C1=CCCCO1)C1C2CCCC21. The zero-order chi connectivity index (χ0) is 9.54. The molecule has 0 aromatic carbocycles. The van der Waals surface area contributed by atoms with Gasteiger partial charge < -0.3 is 4.74 Å². The molecule has 0 saturated heterocycles. The van der Waals surface area contributed by atoms with Crippen molar-refractivity contribution in [3.63, 3.8) is 0 Å². The van der Waals surface area contributed by atoms with E-state index in [1.807, 2.05) is 6.08 Å². The Labute approximate surface area is 84.3 Å². The molecule has 0 aromatic rings. The molecule has 2 nitrogen and oxygen atoms in total. The quantitative estimate of drug-likeness (QED) is 0.671. The van der Waals surface area contributed by atoms with E-state index in [4.69, 9.17) is 4.74 Å². The molecule has 0 bridgehead atoms. The number of hydrogen-bond acceptors (Lipinski definition) is 2. The van der Waals surface area contributed by atoms with Gasteiger partial charge >= 0.3 is 0 Å². The summed E-state index contributed by atoms with van der Waals surface area (Å²) in [5, 5.41) is 0. The number of allylic oxidation sites excluding steroid dienone is 2. The van der Waals surface area contributed by atoms with Gasteiger partial charge in [-0.15, -0.1) is 0 Å². The third-order valence-corrected chi connectivity index (χ3v) is 3.89. The third-order valence-electron chi connectivity index (χ3n) is 3.89. The van der Waals surface area contributed by atoms with Gasteiger partial charge in [-0.2, -0.15) is 0 Å². The molecule has 0 N–H and O–H groups in total. The van der Waals surface area contributed by atoms with E-state index in [1.54, 1.807) is 0 Å². The van der Waals surface area contributed by atoms with Gasteiger partial charge in [0.25, 0.3) is 0 Å². The highest BCUT2D eigenvalue weighted by atomic mass is 16.5. The van der Waals surface area contributed by atoms with Crippen LogP contribution in [-0.4, -0.2) is 12.4 Å². The van der Waals surface area contributed by atoms with E-state index >= 15 is 0 Å². The Morgan fingerprint density at radius 1 is 1.29 bits per heavy atom. The van der Waals surface area contributed by atoms with Gasteiger partial charge in [0.15, 0.2) is 5.76 Å². The van der Waals surface area contributed by atoms with Crippen LogP contribution in [0.5, 0.6) is 0 Å². The summed E-state index contributed by atoms with van der Waals surface area (Å²) in [5.41, 5.74) is 0. The largest absolute Gasteiger partial charge is 0.490 e. The maximum Gasteiger partial charge on any atom is 0.200 e. The molecule has 1 heterocycles. The molecule has 0 amide bonds. The first-order valence-electron chi connectivity index (χ1n) is 5.75. The smallest absolute Gasteiger partial charge is 0.200 e. The highest BCUT2D eigenvalue weighted by molar-refractivity contribution is 5.97. The number of carbonyl (C=O) groups is 1. The minimum absolute atomic E-state index is 0.305. The van der Waals surface area contributed by atoms with Crippen LogP contribution >= 0.6 is 0 Å². The van der Waals surface area contributed by atoms with E-state index in [0.717, 1.165) is 19.4 Å². The molecule has 2 saturated carbocycles. The van der Waals surface area contributed by atoms with Crippen molar-refractivity contribution in [1.29, 1.82) is 0 Å². The fourth-order valence-electron chi connectivity index (χ4n) is 3.10. The summed E-state index contributed by atoms with van der Waals surface area (Å²) in [5.74, 6) is 2.76. The first-order chi connectivity index (χ1) is 6.88. The molecule has 2 aliphatic carbocycles. The Bertz CT molecular complexity index is 283. The van der Waals surface area contributed by atoms with Crippen LogP contribution < -0.4 is 0 Å². The average Bonchev–Trinajstić information content (AvgIpc) is 2.72. The first kappa shape index (κ1) is 8.51. The predicted octanol–water partition coefficient (Wildman–Crippen LogP) is 2.30. The number of ether oxygens (including phenoxy) is 1. The summed E-state index contributed by atoms with van der Waals surface area (Å²) in [6.07, 6.45) is 7.94. The van der Waals surface area contributed by atoms with Gasteiger partial charge in [0.2, 0.25) is 5.78 Å². The van der Waals surface area contributed by atoms with Gasteiger partial charge in [0.05, 0.1) is 6.61 Å². The van der Waals surface area contributed by atoms with Crippen molar-refractivity contribution in [2.45, 2.75) is 32.1 Å². The number of fused-ring (bicyclic) bond motifs is 1. The van der Waals surface area contributed by atoms with E-state index in [2.05, 4.69) is 0 Å². The van der Waals surface area contributed by atoms with E-state index in [0.29, 0.717) is 29.3 Å². The van der Waals surface area contributed by atoms with E-state index in [-0.39, 0.29) is 0 Å². The van der Waals surface area contributed by atoms with Gasteiger partial charge in [-0.25, -0.2) is 0 Å². The lowest BCUT2D eigenvalue weighted by Crippen LogP contribution is -2.14. The fourth-order valence-corrected chi connectivity index (χ4v) is 3.10. The van der Waals surface area contributed by atoms with Crippen molar-refractivity contribution in [2.24, 2.45) is 17.8 Å². The Hall–Kier alpha value is -0.790. The predicted molar refractivity (Wildman–Crippen MR) is 52.6 cm³/mol. The van der Waals surface area contributed by atoms with Gasteiger partial charge in [-0.1, -0.05) is 6.42 Å². The topological polar surface area (TPSA) is 26.3 Å². The van der Waals surface area contributed by atoms with E-state index < -0.39 is 0 Å². The van der Waals surface area contributed by atoms with Gasteiger partial charge in [-0.05, 0) is 43.6 Å². The van der Waals surface area contributed by atoms with Crippen LogP contribution in [0.3, 0.4) is 0 Å². The second kappa shape index (κ2) is 3.11. The standard InChI is InChI=1S/C12H16O2/c13-12(10-6-1-2-7-14-10)11-8-4-3-5-9(8)11/h6,8-9,11H,1-5,7H2. The molecule has 2 atom stereocenters. The van der Waals surface area contributed by atoms with Crippen LogP contribution in [0.25, 0.3) is 0 Å². The summed E-state index contributed by atoms with van der Waals surface area (Å²) in [7, 11) is 0. The molecule has 0 aromatic heterocycles. The maximum absolute atomic E-state index is 12.0. The van der Waals surface area contributed by atoms with Crippen molar-refractivity contribution in [1.82, 2.24) is 0 Å². The normalized spacial score (nSPS) is 39.7. The number of carbonyl (C=O) groups excluding carboxylic acids is 1. The molecule has 1 aliphatic heterocycles. The molecule has 14 heavy (non-hydrogen) atoms. The molecule has 2 heteroatoms. The monoisotopic (exact) mass is 192 g/mol. The lowest BCUT2D eigenvalue weighted by molar-refractivity contribution is -0.121. The minimum Gasteiger partial charge on any atom is -0.490 e. The summed E-state index contributed by atoms with van der Waals surface area (Å²) >= 11 is 0. The lowest BCUT2D eigenvalue weighted by Gasteiger charge is -2.14. The maximum atomic E-state index is 12.0. The molecule has 3 aliphatic rings. The number of Topliss-reactive ketones (excluding diaryl/α,β-unsaturated/α-hetero) is 1. The van der Waals surface area contributed by atoms with Crippen molar-refractivity contribution in [2.75, 3.05) is 6.61 Å². The minimum atomic E-state index is 0.305. The zero-order valence-electron chi connectivity index (χ0n) is 8.37. The van der Waals surface area contributed by atoms with Gasteiger partial charge in [0.1, 0.15) is 0 Å². The number of rotatable bonds is 2. The van der Waals surface area contributed by atoms with Crippen LogP contribution in [0.2, 0.25) is 0 Å². The summed E-state index contributed by atoms with van der Waals surface area (Å²) < 4.78 is 5.42. The molecule has 3 rings (SSSR count). The van der Waals surface area contributed by atoms with E-state index in [1.165, 1.54) is 19.3 Å². The second-order valence-corrected chi connectivity index (χ2v) is 4.71. The average molecular weight is 192 g/mol. The second-order valence-electron chi connectivity index (χ2n) is 4.71. The van der Waals surface area contributed by atoms with Crippen molar-refractivity contribution < 1.29 is 9.53 Å². The lowest BCUT2D eigenvalue weighted by atomic mass is 10.0. The fraction of sp³-hybridized carbons (Fsp3) is 0.750. The van der Waals surface area contributed by atoms with Crippen molar-refractivity contribution >= 4 is 5.78 Å². The van der Waals surface area contributed by atoms with Gasteiger partial charge in [-0.3, -0.25) is 4.79 Å². The molecule has 2 unspecified atom stereocenters. The molecule has 76 valence electrons. The Morgan fingerprint density at radius 3 is 2.71 bits per heavy atom. The molecular formula is C12H16O2. The summed E-state index contributed by atoms with van der Waals surface area (Å²) in [6.45, 7) is 0.736. The summed E-state index contributed by atoms with van der Waals surface area (Å²) in [4.78, 5) is 12.0. The Balaban J connectivity index is 1.68. The number of hydrogen-bond donors (Lipinski definition) is 0. The van der Waals surface area contributed by atoms with E-state index in [9.17, 15) is 4.79 Å². The van der Waals surface area contributed by atoms with Crippen LogP contribution in [0.15, 0.2) is 11.8 Å². The summed E-state index contributed by atoms with van der Waals surface area (Å²) in [6, 6.07) is 0. The molecule has 0 radical (unpaired) electrons. The highest BCUT2D eigenvalue weighted by Gasteiger charge is 2.57. The van der Waals surface area contributed by atoms with Crippen LogP contribution in [0, 0.1) is 17.8 Å².